The van der Waals surface area contributed by atoms with Crippen LogP contribution in [-0.4, -0.2) is 0 Å². The summed E-state index contributed by atoms with van der Waals surface area (Å²) in [6.07, 6.45) is 0. The van der Waals surface area contributed by atoms with Crippen LogP contribution in [0.5, 0.6) is 0 Å². The zero-order valence-corrected chi connectivity index (χ0v) is 9.37. The molecule has 84 valence electrons. The Bertz CT molecular complexity index is 585. The molecular weight excluding hydrogens is 215 g/mol. The van der Waals surface area contributed by atoms with Crippen molar-refractivity contribution in [3.63, 3.8) is 0 Å². The molecular formula is C14H11FN2. The lowest BCUT2D eigenvalue weighted by molar-refractivity contribution is 0.624. The van der Waals surface area contributed by atoms with E-state index >= 15 is 0 Å². The van der Waals surface area contributed by atoms with Crippen molar-refractivity contribution in [2.75, 3.05) is 5.32 Å². The molecule has 0 saturated carbocycles. The topological polar surface area (TPSA) is 35.8 Å². The number of hydrogen-bond acceptors (Lipinski definition) is 2. The zero-order chi connectivity index (χ0) is 12.3. The largest absolute Gasteiger partial charge is 0.354 e. The molecule has 3 heteroatoms. The minimum absolute atomic E-state index is 0.0377. The maximum Gasteiger partial charge on any atom is 0.143 e. The number of anilines is 2. The van der Waals surface area contributed by atoms with Gasteiger partial charge in [-0.15, -0.1) is 0 Å². The van der Waals surface area contributed by atoms with Crippen LogP contribution in [0.3, 0.4) is 0 Å². The minimum Gasteiger partial charge on any atom is -0.354 e. The van der Waals surface area contributed by atoms with E-state index in [0.717, 1.165) is 11.3 Å². The minimum atomic E-state index is -0.508. The summed E-state index contributed by atoms with van der Waals surface area (Å²) in [7, 11) is 0. The van der Waals surface area contributed by atoms with Crippen LogP contribution in [-0.2, 0) is 0 Å². The van der Waals surface area contributed by atoms with Gasteiger partial charge in [-0.05, 0) is 30.7 Å². The van der Waals surface area contributed by atoms with Gasteiger partial charge in [0, 0.05) is 5.69 Å². The predicted molar refractivity (Wildman–Crippen MR) is 65.6 cm³/mol. The SMILES string of the molecule is Cc1ccccc1Nc1cccc(F)c1C#N. The Morgan fingerprint density at radius 3 is 2.47 bits per heavy atom. The number of benzene rings is 2. The van der Waals surface area contributed by atoms with Crippen molar-refractivity contribution in [2.24, 2.45) is 0 Å². The second-order valence-electron chi connectivity index (χ2n) is 3.71. The third kappa shape index (κ3) is 2.26. The van der Waals surface area contributed by atoms with Gasteiger partial charge >= 0.3 is 0 Å². The molecule has 0 aliphatic rings. The molecule has 2 rings (SSSR count). The first-order chi connectivity index (χ1) is 8.22. The lowest BCUT2D eigenvalue weighted by Gasteiger charge is -2.10. The average Bonchev–Trinajstić information content (AvgIpc) is 2.32. The van der Waals surface area contributed by atoms with E-state index in [9.17, 15) is 4.39 Å². The second kappa shape index (κ2) is 4.67. The van der Waals surface area contributed by atoms with E-state index in [4.69, 9.17) is 5.26 Å². The molecule has 0 aliphatic heterocycles. The van der Waals surface area contributed by atoms with Gasteiger partial charge in [0.05, 0.1) is 5.69 Å². The first-order valence-corrected chi connectivity index (χ1v) is 5.23. The Kier molecular flexibility index (Phi) is 3.06. The number of para-hydroxylation sites is 1. The van der Waals surface area contributed by atoms with E-state index in [2.05, 4.69) is 5.32 Å². The Morgan fingerprint density at radius 2 is 1.76 bits per heavy atom. The third-order valence-corrected chi connectivity index (χ3v) is 2.54. The summed E-state index contributed by atoms with van der Waals surface area (Å²) in [5.74, 6) is -0.508. The molecule has 0 heterocycles. The van der Waals surface area contributed by atoms with E-state index < -0.39 is 5.82 Å². The lowest BCUT2D eigenvalue weighted by atomic mass is 10.1. The highest BCUT2D eigenvalue weighted by molar-refractivity contribution is 5.68. The molecule has 0 amide bonds. The number of halogens is 1. The van der Waals surface area contributed by atoms with E-state index in [1.165, 1.54) is 6.07 Å². The predicted octanol–water partition coefficient (Wildman–Crippen LogP) is 3.75. The van der Waals surface area contributed by atoms with Gasteiger partial charge in [0.15, 0.2) is 0 Å². The molecule has 0 fully saturated rings. The van der Waals surface area contributed by atoms with Gasteiger partial charge in [-0.2, -0.15) is 5.26 Å². The number of rotatable bonds is 2. The maximum atomic E-state index is 13.4. The second-order valence-corrected chi connectivity index (χ2v) is 3.71. The average molecular weight is 226 g/mol. The van der Waals surface area contributed by atoms with Crippen molar-refractivity contribution in [1.29, 1.82) is 5.26 Å². The van der Waals surface area contributed by atoms with E-state index in [-0.39, 0.29) is 5.56 Å². The summed E-state index contributed by atoms with van der Waals surface area (Å²) in [5, 5.41) is 12.0. The Hall–Kier alpha value is -2.34. The van der Waals surface area contributed by atoms with E-state index in [1.54, 1.807) is 12.1 Å². The first-order valence-electron chi connectivity index (χ1n) is 5.23. The number of aryl methyl sites for hydroxylation is 1. The molecule has 0 aromatic heterocycles. The van der Waals surface area contributed by atoms with Crippen LogP contribution in [0.4, 0.5) is 15.8 Å². The fourth-order valence-electron chi connectivity index (χ4n) is 1.60. The molecule has 0 unspecified atom stereocenters. The molecule has 2 aromatic rings. The zero-order valence-electron chi connectivity index (χ0n) is 9.37. The molecule has 17 heavy (non-hydrogen) atoms. The van der Waals surface area contributed by atoms with E-state index in [1.807, 2.05) is 37.3 Å². The van der Waals surface area contributed by atoms with Crippen LogP contribution in [0, 0.1) is 24.1 Å². The van der Waals surface area contributed by atoms with Crippen molar-refractivity contribution in [3.8, 4) is 6.07 Å². The van der Waals surface area contributed by atoms with Crippen LogP contribution < -0.4 is 5.32 Å². The highest BCUT2D eigenvalue weighted by Gasteiger charge is 2.08. The Morgan fingerprint density at radius 1 is 1.06 bits per heavy atom. The highest BCUT2D eigenvalue weighted by atomic mass is 19.1. The lowest BCUT2D eigenvalue weighted by Crippen LogP contribution is -1.97. The van der Waals surface area contributed by atoms with E-state index in [0.29, 0.717) is 5.69 Å². The van der Waals surface area contributed by atoms with Gasteiger partial charge in [0.25, 0.3) is 0 Å². The summed E-state index contributed by atoms with van der Waals surface area (Å²) in [6.45, 7) is 1.95. The van der Waals surface area contributed by atoms with Crippen molar-refractivity contribution in [2.45, 2.75) is 6.92 Å². The van der Waals surface area contributed by atoms with Crippen LogP contribution in [0.1, 0.15) is 11.1 Å². The van der Waals surface area contributed by atoms with Crippen molar-refractivity contribution in [1.82, 2.24) is 0 Å². The van der Waals surface area contributed by atoms with Gasteiger partial charge in [-0.25, -0.2) is 4.39 Å². The standard InChI is InChI=1S/C14H11FN2/c1-10-5-2-3-7-13(10)17-14-8-4-6-12(15)11(14)9-16/h2-8,17H,1H3. The monoisotopic (exact) mass is 226 g/mol. The summed E-state index contributed by atoms with van der Waals surface area (Å²) in [4.78, 5) is 0. The molecule has 2 aromatic carbocycles. The number of nitrogens with one attached hydrogen (secondary N) is 1. The molecule has 0 radical (unpaired) electrons. The summed E-state index contributed by atoms with van der Waals surface area (Å²) >= 11 is 0. The fourth-order valence-corrected chi connectivity index (χ4v) is 1.60. The van der Waals surface area contributed by atoms with Crippen LogP contribution in [0.25, 0.3) is 0 Å². The van der Waals surface area contributed by atoms with Crippen molar-refractivity contribution in [3.05, 3.63) is 59.4 Å². The molecule has 0 saturated heterocycles. The quantitative estimate of drug-likeness (QED) is 0.846. The molecule has 0 spiro atoms. The molecule has 1 N–H and O–H groups in total. The van der Waals surface area contributed by atoms with Gasteiger partial charge < -0.3 is 5.32 Å². The molecule has 0 bridgehead atoms. The number of nitriles is 1. The van der Waals surface area contributed by atoms with Crippen molar-refractivity contribution < 1.29 is 4.39 Å². The highest BCUT2D eigenvalue weighted by Crippen LogP contribution is 2.24. The van der Waals surface area contributed by atoms with Gasteiger partial charge in [-0.1, -0.05) is 24.3 Å². The Labute approximate surface area is 99.3 Å². The van der Waals surface area contributed by atoms with Crippen LogP contribution in [0.15, 0.2) is 42.5 Å². The summed E-state index contributed by atoms with van der Waals surface area (Å²) < 4.78 is 13.4. The van der Waals surface area contributed by atoms with Crippen molar-refractivity contribution >= 4 is 11.4 Å². The normalized spacial score (nSPS) is 9.71. The van der Waals surface area contributed by atoms with Gasteiger partial charge in [-0.3, -0.25) is 0 Å². The summed E-state index contributed by atoms with van der Waals surface area (Å²) in [6, 6.07) is 14.1. The Balaban J connectivity index is 2.41. The fraction of sp³-hybridized carbons (Fsp3) is 0.0714. The number of hydrogen-bond donors (Lipinski definition) is 1. The summed E-state index contributed by atoms with van der Waals surface area (Å²) in [5.41, 5.74) is 2.44. The number of nitrogens with zero attached hydrogens (tertiary/aromatic N) is 1. The molecule has 0 aliphatic carbocycles. The first kappa shape index (κ1) is 11.2. The van der Waals surface area contributed by atoms with Crippen LogP contribution in [0.2, 0.25) is 0 Å². The van der Waals surface area contributed by atoms with Crippen LogP contribution >= 0.6 is 0 Å². The third-order valence-electron chi connectivity index (χ3n) is 2.54. The van der Waals surface area contributed by atoms with Gasteiger partial charge in [0.1, 0.15) is 17.4 Å². The smallest absolute Gasteiger partial charge is 0.143 e. The molecule has 2 nitrogen and oxygen atoms in total. The molecule has 0 atom stereocenters. The van der Waals surface area contributed by atoms with Gasteiger partial charge in [0.2, 0.25) is 0 Å². The maximum absolute atomic E-state index is 13.4.